The highest BCUT2D eigenvalue weighted by Crippen LogP contribution is 2.40. The predicted molar refractivity (Wildman–Crippen MR) is 112 cm³/mol. The lowest BCUT2D eigenvalue weighted by molar-refractivity contribution is -0.260. The van der Waals surface area contributed by atoms with E-state index in [9.17, 15) is 22.7 Å². The minimum atomic E-state index is -4.94. The zero-order valence-electron chi connectivity index (χ0n) is 16.9. The van der Waals surface area contributed by atoms with Gasteiger partial charge in [0.05, 0.1) is 31.1 Å². The molecule has 0 aliphatic carbocycles. The molecule has 0 saturated heterocycles. The lowest BCUT2D eigenvalue weighted by atomic mass is 9.92. The zero-order chi connectivity index (χ0) is 22.9. The third-order valence-electron chi connectivity index (χ3n) is 5.20. The predicted octanol–water partition coefficient (Wildman–Crippen LogP) is 5.04. The van der Waals surface area contributed by atoms with Gasteiger partial charge in [-0.05, 0) is 54.1 Å². The van der Waals surface area contributed by atoms with E-state index in [0.717, 1.165) is 0 Å². The molecule has 0 spiro atoms. The maximum Gasteiger partial charge on any atom is 0.423 e. The lowest BCUT2D eigenvalue weighted by Gasteiger charge is -2.31. The van der Waals surface area contributed by atoms with Gasteiger partial charge < -0.3 is 15.2 Å². The highest BCUT2D eigenvalue weighted by Gasteiger charge is 2.55. The Kier molecular flexibility index (Phi) is 5.52. The van der Waals surface area contributed by atoms with Crippen LogP contribution in [0.25, 0.3) is 16.6 Å². The number of alkyl halides is 3. The fourth-order valence-corrected chi connectivity index (χ4v) is 3.41. The molecule has 166 valence electrons. The summed E-state index contributed by atoms with van der Waals surface area (Å²) in [5.41, 5.74) is -2.03. The molecule has 4 rings (SSSR count). The molecule has 0 radical (unpaired) electrons. The second-order valence-electron chi connectivity index (χ2n) is 7.25. The SMILES string of the molecule is COc1cccc(NCC(O)(c2ccc3c(cnn3-c3ccc(F)cc3)c2)C(F)(F)F)c1. The first-order valence-corrected chi connectivity index (χ1v) is 9.62. The van der Waals surface area contributed by atoms with Crippen molar-refractivity contribution in [1.29, 1.82) is 0 Å². The second-order valence-corrected chi connectivity index (χ2v) is 7.25. The maximum absolute atomic E-state index is 14.0. The highest BCUT2D eigenvalue weighted by atomic mass is 19.4. The molecular weight excluding hydrogens is 426 g/mol. The Balaban J connectivity index is 1.68. The van der Waals surface area contributed by atoms with Gasteiger partial charge in [-0.2, -0.15) is 18.3 Å². The second kappa shape index (κ2) is 8.16. The van der Waals surface area contributed by atoms with E-state index in [1.165, 1.54) is 66.5 Å². The normalized spacial score (nSPS) is 13.7. The van der Waals surface area contributed by atoms with E-state index in [4.69, 9.17) is 4.74 Å². The molecule has 1 heterocycles. The van der Waals surface area contributed by atoms with Gasteiger partial charge in [-0.3, -0.25) is 0 Å². The van der Waals surface area contributed by atoms with Crippen LogP contribution in [0.5, 0.6) is 5.75 Å². The summed E-state index contributed by atoms with van der Waals surface area (Å²) in [5.74, 6) is 0.0615. The zero-order valence-corrected chi connectivity index (χ0v) is 16.9. The van der Waals surface area contributed by atoms with Crippen LogP contribution in [0.1, 0.15) is 5.56 Å². The number of hydrogen-bond donors (Lipinski definition) is 2. The number of methoxy groups -OCH3 is 1. The van der Waals surface area contributed by atoms with Crippen LogP contribution in [0.3, 0.4) is 0 Å². The molecule has 1 unspecified atom stereocenters. The van der Waals surface area contributed by atoms with Gasteiger partial charge in [-0.1, -0.05) is 12.1 Å². The minimum Gasteiger partial charge on any atom is -0.497 e. The Morgan fingerprint density at radius 3 is 2.47 bits per heavy atom. The fraction of sp³-hybridized carbons (Fsp3) is 0.174. The molecule has 0 aliphatic heterocycles. The molecule has 1 aromatic heterocycles. The van der Waals surface area contributed by atoms with Crippen molar-refractivity contribution in [2.75, 3.05) is 19.0 Å². The third kappa shape index (κ3) is 3.99. The average Bonchev–Trinajstić information content (AvgIpc) is 3.20. The van der Waals surface area contributed by atoms with Crippen molar-refractivity contribution in [3.05, 3.63) is 84.3 Å². The summed E-state index contributed by atoms with van der Waals surface area (Å²) < 4.78 is 61.7. The van der Waals surface area contributed by atoms with Crippen molar-refractivity contribution in [2.24, 2.45) is 0 Å². The number of nitrogens with zero attached hydrogens (tertiary/aromatic N) is 2. The summed E-state index contributed by atoms with van der Waals surface area (Å²) in [6, 6.07) is 15.9. The number of benzene rings is 3. The molecule has 2 N–H and O–H groups in total. The Morgan fingerprint density at radius 2 is 1.78 bits per heavy atom. The van der Waals surface area contributed by atoms with Crippen molar-refractivity contribution in [2.45, 2.75) is 11.8 Å². The lowest BCUT2D eigenvalue weighted by Crippen LogP contribution is -2.47. The topological polar surface area (TPSA) is 59.3 Å². The largest absolute Gasteiger partial charge is 0.497 e. The molecule has 1 atom stereocenters. The molecule has 5 nitrogen and oxygen atoms in total. The van der Waals surface area contributed by atoms with Gasteiger partial charge in [0.2, 0.25) is 5.60 Å². The van der Waals surface area contributed by atoms with Crippen LogP contribution in [0, 0.1) is 5.82 Å². The van der Waals surface area contributed by atoms with Crippen molar-refractivity contribution in [1.82, 2.24) is 9.78 Å². The van der Waals surface area contributed by atoms with Gasteiger partial charge in [-0.25, -0.2) is 9.07 Å². The molecular formula is C23H19F4N3O2. The van der Waals surface area contributed by atoms with Crippen LogP contribution in [-0.4, -0.2) is 34.7 Å². The number of anilines is 1. The Morgan fingerprint density at radius 1 is 1.03 bits per heavy atom. The van der Waals surface area contributed by atoms with E-state index in [1.807, 2.05) is 0 Å². The summed E-state index contributed by atoms with van der Waals surface area (Å²) in [4.78, 5) is 0. The number of aromatic nitrogens is 2. The summed E-state index contributed by atoms with van der Waals surface area (Å²) in [6.45, 7) is -0.804. The summed E-state index contributed by atoms with van der Waals surface area (Å²) in [7, 11) is 1.45. The number of aliphatic hydroxyl groups is 1. The van der Waals surface area contributed by atoms with Crippen LogP contribution >= 0.6 is 0 Å². The van der Waals surface area contributed by atoms with Gasteiger partial charge in [0.15, 0.2) is 0 Å². The number of ether oxygens (including phenoxy) is 1. The molecule has 0 saturated carbocycles. The molecule has 0 fully saturated rings. The maximum atomic E-state index is 14.0. The number of hydrogen-bond acceptors (Lipinski definition) is 4. The van der Waals surface area contributed by atoms with Crippen molar-refractivity contribution >= 4 is 16.6 Å². The molecule has 0 bridgehead atoms. The van der Waals surface area contributed by atoms with Crippen LogP contribution in [-0.2, 0) is 5.60 Å². The molecule has 0 aliphatic rings. The Bertz CT molecular complexity index is 1240. The quantitative estimate of drug-likeness (QED) is 0.409. The van der Waals surface area contributed by atoms with Gasteiger partial charge >= 0.3 is 6.18 Å². The fourth-order valence-electron chi connectivity index (χ4n) is 3.41. The first kappa shape index (κ1) is 21.6. The van der Waals surface area contributed by atoms with Gasteiger partial charge in [-0.15, -0.1) is 0 Å². The van der Waals surface area contributed by atoms with E-state index >= 15 is 0 Å². The Labute approximate surface area is 180 Å². The monoisotopic (exact) mass is 445 g/mol. The van der Waals surface area contributed by atoms with E-state index in [2.05, 4.69) is 10.4 Å². The average molecular weight is 445 g/mol. The minimum absolute atomic E-state index is 0.327. The smallest absolute Gasteiger partial charge is 0.423 e. The molecule has 4 aromatic rings. The van der Waals surface area contributed by atoms with Crippen molar-refractivity contribution in [3.63, 3.8) is 0 Å². The summed E-state index contributed by atoms with van der Waals surface area (Å²) >= 11 is 0. The van der Waals surface area contributed by atoms with Crippen LogP contribution < -0.4 is 10.1 Å². The van der Waals surface area contributed by atoms with E-state index in [0.29, 0.717) is 28.0 Å². The van der Waals surface area contributed by atoms with E-state index in [-0.39, 0.29) is 5.56 Å². The third-order valence-corrected chi connectivity index (χ3v) is 5.20. The van der Waals surface area contributed by atoms with E-state index in [1.54, 1.807) is 18.2 Å². The summed E-state index contributed by atoms with van der Waals surface area (Å²) in [5, 5.41) is 18.0. The molecule has 32 heavy (non-hydrogen) atoms. The first-order valence-electron chi connectivity index (χ1n) is 9.62. The number of nitrogens with one attached hydrogen (secondary N) is 1. The van der Waals surface area contributed by atoms with Crippen LogP contribution in [0.2, 0.25) is 0 Å². The molecule has 0 amide bonds. The van der Waals surface area contributed by atoms with Gasteiger partial charge in [0.25, 0.3) is 0 Å². The van der Waals surface area contributed by atoms with Crippen LogP contribution in [0.15, 0.2) is 72.9 Å². The highest BCUT2D eigenvalue weighted by molar-refractivity contribution is 5.81. The Hall–Kier alpha value is -3.59. The number of fused-ring (bicyclic) bond motifs is 1. The van der Waals surface area contributed by atoms with Gasteiger partial charge in [0, 0.05) is 17.1 Å². The van der Waals surface area contributed by atoms with Gasteiger partial charge in [0.1, 0.15) is 11.6 Å². The molecule has 3 aromatic carbocycles. The summed E-state index contributed by atoms with van der Waals surface area (Å²) in [6.07, 6.45) is -3.55. The standard InChI is InChI=1S/C23H19F4N3O2/c1-32-20-4-2-3-18(12-20)28-14-22(31,23(25,26)27)16-5-10-21-15(11-16)13-29-30(21)19-8-6-17(24)7-9-19/h2-13,28,31H,14H2,1H3. The molecule has 9 heteroatoms. The first-order chi connectivity index (χ1) is 15.2. The van der Waals surface area contributed by atoms with Crippen molar-refractivity contribution in [3.8, 4) is 11.4 Å². The van der Waals surface area contributed by atoms with Crippen molar-refractivity contribution < 1.29 is 27.4 Å². The van der Waals surface area contributed by atoms with E-state index < -0.39 is 24.1 Å². The number of rotatable bonds is 6. The van der Waals surface area contributed by atoms with Crippen LogP contribution in [0.4, 0.5) is 23.2 Å². The number of halogens is 4.